The summed E-state index contributed by atoms with van der Waals surface area (Å²) in [6.45, 7) is 4.29. The molecule has 1 N–H and O–H groups in total. The summed E-state index contributed by atoms with van der Waals surface area (Å²) in [6.07, 6.45) is 0.981. The SMILES string of the molecule is CCOc1cc(C(=O)O)cc(Br)c1OCC1CCOC1. The molecule has 1 saturated heterocycles. The molecule has 20 heavy (non-hydrogen) atoms. The number of rotatable bonds is 6. The van der Waals surface area contributed by atoms with E-state index < -0.39 is 5.97 Å². The number of hydrogen-bond donors (Lipinski definition) is 1. The van der Waals surface area contributed by atoms with Crippen LogP contribution in [0.15, 0.2) is 16.6 Å². The Morgan fingerprint density at radius 1 is 1.50 bits per heavy atom. The van der Waals surface area contributed by atoms with Crippen LogP contribution in [-0.2, 0) is 4.74 Å². The first-order chi connectivity index (χ1) is 9.61. The Morgan fingerprint density at radius 2 is 2.30 bits per heavy atom. The van der Waals surface area contributed by atoms with E-state index in [1.807, 2.05) is 6.92 Å². The van der Waals surface area contributed by atoms with Crippen molar-refractivity contribution in [3.05, 3.63) is 22.2 Å². The van der Waals surface area contributed by atoms with E-state index in [1.165, 1.54) is 12.1 Å². The van der Waals surface area contributed by atoms with Crippen LogP contribution in [-0.4, -0.2) is 37.5 Å². The average molecular weight is 345 g/mol. The molecule has 1 aliphatic heterocycles. The second kappa shape index (κ2) is 6.95. The Labute approximate surface area is 126 Å². The molecule has 0 bridgehead atoms. The first kappa shape index (κ1) is 15.1. The van der Waals surface area contributed by atoms with E-state index in [1.54, 1.807) is 0 Å². The Kier molecular flexibility index (Phi) is 5.25. The molecule has 1 heterocycles. The number of carboxylic acid groups (broad SMARTS) is 1. The smallest absolute Gasteiger partial charge is 0.335 e. The molecule has 1 atom stereocenters. The summed E-state index contributed by atoms with van der Waals surface area (Å²) in [5.74, 6) is 0.361. The predicted molar refractivity (Wildman–Crippen MR) is 76.7 cm³/mol. The van der Waals surface area contributed by atoms with Crippen LogP contribution in [0.4, 0.5) is 0 Å². The van der Waals surface area contributed by atoms with E-state index >= 15 is 0 Å². The Balaban J connectivity index is 2.18. The van der Waals surface area contributed by atoms with Gasteiger partial charge in [0.1, 0.15) is 0 Å². The lowest BCUT2D eigenvalue weighted by atomic mass is 10.1. The molecular weight excluding hydrogens is 328 g/mol. The number of ether oxygens (including phenoxy) is 3. The Bertz CT molecular complexity index is 483. The van der Waals surface area contributed by atoms with Gasteiger partial charge in [0.05, 0.1) is 29.9 Å². The largest absolute Gasteiger partial charge is 0.490 e. The lowest BCUT2D eigenvalue weighted by molar-refractivity contribution is 0.0696. The van der Waals surface area contributed by atoms with E-state index in [-0.39, 0.29) is 5.56 Å². The number of halogens is 1. The molecule has 1 aromatic carbocycles. The van der Waals surface area contributed by atoms with Crippen molar-refractivity contribution in [2.24, 2.45) is 5.92 Å². The molecule has 5 nitrogen and oxygen atoms in total. The van der Waals surface area contributed by atoms with Crippen molar-refractivity contribution in [1.29, 1.82) is 0 Å². The van der Waals surface area contributed by atoms with E-state index in [9.17, 15) is 4.79 Å². The highest BCUT2D eigenvalue weighted by atomic mass is 79.9. The summed E-state index contributed by atoms with van der Waals surface area (Å²) in [7, 11) is 0. The minimum Gasteiger partial charge on any atom is -0.490 e. The molecule has 0 radical (unpaired) electrons. The molecule has 0 spiro atoms. The molecule has 1 unspecified atom stereocenters. The summed E-state index contributed by atoms with van der Waals surface area (Å²) in [4.78, 5) is 11.1. The second-order valence-corrected chi connectivity index (χ2v) is 5.42. The summed E-state index contributed by atoms with van der Waals surface area (Å²) in [5, 5.41) is 9.06. The first-order valence-electron chi connectivity index (χ1n) is 6.52. The van der Waals surface area contributed by atoms with Crippen LogP contribution in [0.2, 0.25) is 0 Å². The van der Waals surface area contributed by atoms with Crippen molar-refractivity contribution in [2.75, 3.05) is 26.4 Å². The predicted octanol–water partition coefficient (Wildman–Crippen LogP) is 2.96. The standard InChI is InChI=1S/C14H17BrO5/c1-2-19-12-6-10(14(16)17)5-11(15)13(12)20-8-9-3-4-18-7-9/h5-6,9H,2-4,7-8H2,1H3,(H,16,17). The van der Waals surface area contributed by atoms with Crippen molar-refractivity contribution < 1.29 is 24.1 Å². The van der Waals surface area contributed by atoms with Crippen LogP contribution >= 0.6 is 15.9 Å². The Morgan fingerprint density at radius 3 is 2.90 bits per heavy atom. The molecule has 2 rings (SSSR count). The van der Waals surface area contributed by atoms with E-state index in [0.29, 0.717) is 41.7 Å². The van der Waals surface area contributed by atoms with E-state index in [4.69, 9.17) is 19.3 Å². The number of carbonyl (C=O) groups is 1. The molecule has 0 aliphatic carbocycles. The van der Waals surface area contributed by atoms with Crippen LogP contribution in [0.1, 0.15) is 23.7 Å². The summed E-state index contributed by atoms with van der Waals surface area (Å²) < 4.78 is 17.2. The quantitative estimate of drug-likeness (QED) is 0.859. The highest BCUT2D eigenvalue weighted by molar-refractivity contribution is 9.10. The van der Waals surface area contributed by atoms with Gasteiger partial charge in [-0.25, -0.2) is 4.79 Å². The zero-order valence-corrected chi connectivity index (χ0v) is 12.8. The van der Waals surface area contributed by atoms with Crippen molar-refractivity contribution in [3.63, 3.8) is 0 Å². The van der Waals surface area contributed by atoms with Crippen molar-refractivity contribution >= 4 is 21.9 Å². The molecule has 1 fully saturated rings. The molecule has 1 aliphatic rings. The van der Waals surface area contributed by atoms with Gasteiger partial charge >= 0.3 is 5.97 Å². The van der Waals surface area contributed by atoms with Gasteiger partial charge in [0.25, 0.3) is 0 Å². The third-order valence-corrected chi connectivity index (χ3v) is 3.63. The van der Waals surface area contributed by atoms with Crippen molar-refractivity contribution in [3.8, 4) is 11.5 Å². The molecule has 6 heteroatoms. The van der Waals surface area contributed by atoms with Gasteiger partial charge in [0, 0.05) is 12.5 Å². The fraction of sp³-hybridized carbons (Fsp3) is 0.500. The molecular formula is C14H17BrO5. The maximum Gasteiger partial charge on any atom is 0.335 e. The third kappa shape index (κ3) is 3.64. The van der Waals surface area contributed by atoms with Crippen molar-refractivity contribution in [2.45, 2.75) is 13.3 Å². The zero-order valence-electron chi connectivity index (χ0n) is 11.2. The molecule has 0 saturated carbocycles. The topological polar surface area (TPSA) is 65.0 Å². The van der Waals surface area contributed by atoms with Gasteiger partial charge in [-0.15, -0.1) is 0 Å². The van der Waals surface area contributed by atoms with Crippen LogP contribution in [0.3, 0.4) is 0 Å². The van der Waals surface area contributed by atoms with E-state index in [2.05, 4.69) is 15.9 Å². The van der Waals surface area contributed by atoms with Crippen LogP contribution in [0.25, 0.3) is 0 Å². The zero-order chi connectivity index (χ0) is 14.5. The van der Waals surface area contributed by atoms with Gasteiger partial charge in [0.2, 0.25) is 0 Å². The van der Waals surface area contributed by atoms with Gasteiger partial charge in [0.15, 0.2) is 11.5 Å². The van der Waals surface area contributed by atoms with Gasteiger partial charge in [-0.1, -0.05) is 0 Å². The van der Waals surface area contributed by atoms with Crippen LogP contribution in [0, 0.1) is 5.92 Å². The van der Waals surface area contributed by atoms with Crippen molar-refractivity contribution in [1.82, 2.24) is 0 Å². The van der Waals surface area contributed by atoms with Gasteiger partial charge in [-0.2, -0.15) is 0 Å². The summed E-state index contributed by atoms with van der Waals surface area (Å²) >= 11 is 3.35. The number of carboxylic acids is 1. The number of hydrogen-bond acceptors (Lipinski definition) is 4. The van der Waals surface area contributed by atoms with Gasteiger partial charge < -0.3 is 19.3 Å². The first-order valence-corrected chi connectivity index (χ1v) is 7.31. The highest BCUT2D eigenvalue weighted by Crippen LogP contribution is 2.37. The lowest BCUT2D eigenvalue weighted by Gasteiger charge is -2.16. The summed E-state index contributed by atoms with van der Waals surface area (Å²) in [5.41, 5.74) is 0.164. The fourth-order valence-electron chi connectivity index (χ4n) is 2.01. The third-order valence-electron chi connectivity index (χ3n) is 3.04. The summed E-state index contributed by atoms with van der Waals surface area (Å²) in [6, 6.07) is 3.00. The molecule has 110 valence electrons. The average Bonchev–Trinajstić information content (AvgIpc) is 2.91. The van der Waals surface area contributed by atoms with Gasteiger partial charge in [-0.3, -0.25) is 0 Å². The fourth-order valence-corrected chi connectivity index (χ4v) is 2.57. The number of benzene rings is 1. The van der Waals surface area contributed by atoms with Crippen LogP contribution in [0.5, 0.6) is 11.5 Å². The van der Waals surface area contributed by atoms with Gasteiger partial charge in [-0.05, 0) is 41.4 Å². The Hall–Kier alpha value is -1.27. The highest BCUT2D eigenvalue weighted by Gasteiger charge is 2.20. The van der Waals surface area contributed by atoms with Crippen LogP contribution < -0.4 is 9.47 Å². The maximum absolute atomic E-state index is 11.1. The minimum atomic E-state index is -0.998. The minimum absolute atomic E-state index is 0.164. The monoisotopic (exact) mass is 344 g/mol. The van der Waals surface area contributed by atoms with E-state index in [0.717, 1.165) is 13.0 Å². The molecule has 0 amide bonds. The normalized spacial score (nSPS) is 18.0. The maximum atomic E-state index is 11.1. The molecule has 1 aromatic rings. The lowest BCUT2D eigenvalue weighted by Crippen LogP contribution is -2.13. The molecule has 0 aromatic heterocycles. The second-order valence-electron chi connectivity index (χ2n) is 4.56. The number of aromatic carboxylic acids is 1.